The van der Waals surface area contributed by atoms with Crippen molar-refractivity contribution in [2.45, 2.75) is 132 Å². The fraction of sp³-hybridized carbons (Fsp3) is 0.794. The topological polar surface area (TPSA) is 54.0 Å². The summed E-state index contributed by atoms with van der Waals surface area (Å²) < 4.78 is 24.9. The van der Waals surface area contributed by atoms with Crippen molar-refractivity contribution in [1.82, 2.24) is 0 Å². The van der Waals surface area contributed by atoms with E-state index in [4.69, 9.17) is 18.9 Å². The molecule has 1 aromatic rings. The van der Waals surface area contributed by atoms with Gasteiger partial charge in [0, 0.05) is 0 Å². The van der Waals surface area contributed by atoms with E-state index in [2.05, 4.69) is 41.5 Å². The molecule has 0 heterocycles. The molecule has 0 spiro atoms. The summed E-state index contributed by atoms with van der Waals surface area (Å²) in [5.74, 6) is 2.88. The molecule has 3 unspecified atom stereocenters. The van der Waals surface area contributed by atoms with Gasteiger partial charge in [-0.1, -0.05) is 106 Å². The van der Waals surface area contributed by atoms with Crippen LogP contribution in [0.1, 0.15) is 142 Å². The smallest absolute Gasteiger partial charge is 0.338 e. The SMILES string of the molecule is CCCCC(CC)COc1cc(C(=O)OCCC)cc(OCC(CC)CCCC)c1OCC(CC)CCCC. The zero-order chi connectivity index (χ0) is 28.9. The first-order valence-corrected chi connectivity index (χ1v) is 16.2. The second kappa shape index (κ2) is 21.9. The monoisotopic (exact) mass is 548 g/mol. The Hall–Kier alpha value is -1.91. The van der Waals surface area contributed by atoms with E-state index in [1.165, 1.54) is 38.5 Å². The molecular weight excluding hydrogens is 488 g/mol. The first-order chi connectivity index (χ1) is 19.0. The molecule has 1 rings (SSSR count). The molecule has 0 radical (unpaired) electrons. The van der Waals surface area contributed by atoms with Gasteiger partial charge in [-0.05, 0) is 55.6 Å². The largest absolute Gasteiger partial charge is 0.489 e. The Kier molecular flexibility index (Phi) is 19.7. The van der Waals surface area contributed by atoms with Crippen LogP contribution in [0.4, 0.5) is 0 Å². The highest BCUT2D eigenvalue weighted by Crippen LogP contribution is 2.41. The van der Waals surface area contributed by atoms with Gasteiger partial charge in [0.05, 0.1) is 32.0 Å². The summed E-state index contributed by atoms with van der Waals surface area (Å²) in [5, 5.41) is 0. The highest BCUT2D eigenvalue weighted by Gasteiger charge is 2.22. The van der Waals surface area contributed by atoms with E-state index in [1.54, 1.807) is 12.1 Å². The van der Waals surface area contributed by atoms with Crippen molar-refractivity contribution in [2.24, 2.45) is 17.8 Å². The summed E-state index contributed by atoms with van der Waals surface area (Å²) in [5.41, 5.74) is 0.460. The molecule has 3 atom stereocenters. The van der Waals surface area contributed by atoms with Gasteiger partial charge < -0.3 is 18.9 Å². The summed E-state index contributed by atoms with van der Waals surface area (Å²) >= 11 is 0. The van der Waals surface area contributed by atoms with Gasteiger partial charge in [-0.2, -0.15) is 0 Å². The van der Waals surface area contributed by atoms with E-state index in [0.29, 0.717) is 67.0 Å². The Labute approximate surface area is 240 Å². The number of ether oxygens (including phenoxy) is 4. The Morgan fingerprint density at radius 1 is 0.615 bits per heavy atom. The molecule has 0 amide bonds. The molecule has 39 heavy (non-hydrogen) atoms. The molecule has 0 saturated heterocycles. The molecule has 0 fully saturated rings. The molecule has 0 bridgehead atoms. The van der Waals surface area contributed by atoms with E-state index in [-0.39, 0.29) is 5.97 Å². The Morgan fingerprint density at radius 3 is 1.38 bits per heavy atom. The minimum Gasteiger partial charge on any atom is -0.489 e. The van der Waals surface area contributed by atoms with Crippen LogP contribution in [0.3, 0.4) is 0 Å². The van der Waals surface area contributed by atoms with E-state index in [0.717, 1.165) is 44.9 Å². The number of hydrogen-bond donors (Lipinski definition) is 0. The van der Waals surface area contributed by atoms with E-state index in [1.807, 2.05) is 6.92 Å². The third-order valence-electron chi connectivity index (χ3n) is 7.74. The van der Waals surface area contributed by atoms with Gasteiger partial charge in [-0.3, -0.25) is 0 Å². The van der Waals surface area contributed by atoms with Gasteiger partial charge in [0.1, 0.15) is 0 Å². The quantitative estimate of drug-likeness (QED) is 0.120. The minimum atomic E-state index is -0.344. The molecule has 5 nitrogen and oxygen atoms in total. The molecule has 226 valence electrons. The fourth-order valence-electron chi connectivity index (χ4n) is 4.64. The highest BCUT2D eigenvalue weighted by molar-refractivity contribution is 5.91. The van der Waals surface area contributed by atoms with Crippen LogP contribution in [0.2, 0.25) is 0 Å². The predicted octanol–water partition coefficient (Wildman–Crippen LogP) is 10.0. The third-order valence-corrected chi connectivity index (χ3v) is 7.74. The second-order valence-electron chi connectivity index (χ2n) is 11.1. The molecule has 1 aromatic carbocycles. The summed E-state index contributed by atoms with van der Waals surface area (Å²) in [4.78, 5) is 12.9. The highest BCUT2D eigenvalue weighted by atomic mass is 16.5. The fourth-order valence-corrected chi connectivity index (χ4v) is 4.64. The Morgan fingerprint density at radius 2 is 1.03 bits per heavy atom. The maximum Gasteiger partial charge on any atom is 0.338 e. The van der Waals surface area contributed by atoms with Gasteiger partial charge in [-0.15, -0.1) is 0 Å². The van der Waals surface area contributed by atoms with Crippen LogP contribution in [0, 0.1) is 17.8 Å². The van der Waals surface area contributed by atoms with Crippen molar-refractivity contribution in [2.75, 3.05) is 26.4 Å². The van der Waals surface area contributed by atoms with Gasteiger partial charge >= 0.3 is 5.97 Å². The van der Waals surface area contributed by atoms with Crippen molar-refractivity contribution >= 4 is 5.97 Å². The lowest BCUT2D eigenvalue weighted by Crippen LogP contribution is -2.17. The molecule has 0 aromatic heterocycles. The number of carbonyl (C=O) groups excluding carboxylic acids is 1. The Balaban J connectivity index is 3.38. The molecule has 0 N–H and O–H groups in total. The number of unbranched alkanes of at least 4 members (excludes halogenated alkanes) is 3. The normalized spacial score (nSPS) is 13.5. The average Bonchev–Trinajstić information content (AvgIpc) is 2.96. The average molecular weight is 549 g/mol. The number of carbonyl (C=O) groups is 1. The lowest BCUT2D eigenvalue weighted by molar-refractivity contribution is 0.0503. The van der Waals surface area contributed by atoms with Gasteiger partial charge in [0.15, 0.2) is 11.5 Å². The van der Waals surface area contributed by atoms with Crippen molar-refractivity contribution < 1.29 is 23.7 Å². The van der Waals surface area contributed by atoms with Crippen molar-refractivity contribution in [3.63, 3.8) is 0 Å². The standard InChI is InChI=1S/C34H60O5/c1-8-15-18-27(12-5)24-37-31-22-30(34(35)36-21-11-4)23-32(38-25-28(13-6)19-16-9-2)33(31)39-26-29(14-7)20-17-10-3/h22-23,27-29H,8-21,24-26H2,1-7H3. The van der Waals surface area contributed by atoms with Crippen molar-refractivity contribution in [3.8, 4) is 17.2 Å². The summed E-state index contributed by atoms with van der Waals surface area (Å²) in [7, 11) is 0. The first-order valence-electron chi connectivity index (χ1n) is 16.2. The van der Waals surface area contributed by atoms with Crippen LogP contribution in [-0.4, -0.2) is 32.4 Å². The van der Waals surface area contributed by atoms with E-state index in [9.17, 15) is 4.79 Å². The summed E-state index contributed by atoms with van der Waals surface area (Å²) in [6.07, 6.45) is 14.5. The predicted molar refractivity (Wildman–Crippen MR) is 163 cm³/mol. The molecular formula is C34H60O5. The number of hydrogen-bond acceptors (Lipinski definition) is 5. The van der Waals surface area contributed by atoms with Crippen molar-refractivity contribution in [3.05, 3.63) is 17.7 Å². The zero-order valence-corrected chi connectivity index (χ0v) is 26.4. The lowest BCUT2D eigenvalue weighted by Gasteiger charge is -2.23. The minimum absolute atomic E-state index is 0.344. The summed E-state index contributed by atoms with van der Waals surface area (Å²) in [6.45, 7) is 17.5. The van der Waals surface area contributed by atoms with Crippen LogP contribution in [0.25, 0.3) is 0 Å². The van der Waals surface area contributed by atoms with Crippen LogP contribution in [0.5, 0.6) is 17.2 Å². The third kappa shape index (κ3) is 13.8. The van der Waals surface area contributed by atoms with E-state index >= 15 is 0 Å². The maximum atomic E-state index is 12.9. The molecule has 0 aliphatic carbocycles. The summed E-state index contributed by atoms with van der Waals surface area (Å²) in [6, 6.07) is 3.60. The van der Waals surface area contributed by atoms with Crippen LogP contribution in [-0.2, 0) is 4.74 Å². The second-order valence-corrected chi connectivity index (χ2v) is 11.1. The van der Waals surface area contributed by atoms with Gasteiger partial charge in [0.2, 0.25) is 5.75 Å². The van der Waals surface area contributed by atoms with Crippen LogP contribution in [0.15, 0.2) is 12.1 Å². The molecule has 0 saturated carbocycles. The van der Waals surface area contributed by atoms with Crippen LogP contribution >= 0.6 is 0 Å². The lowest BCUT2D eigenvalue weighted by atomic mass is 10.00. The van der Waals surface area contributed by atoms with Gasteiger partial charge in [-0.25, -0.2) is 4.79 Å². The number of benzene rings is 1. The molecule has 5 heteroatoms. The number of rotatable bonds is 24. The Bertz CT molecular complexity index is 721. The first kappa shape index (κ1) is 35.1. The molecule has 0 aliphatic heterocycles. The van der Waals surface area contributed by atoms with Gasteiger partial charge in [0.25, 0.3) is 0 Å². The van der Waals surface area contributed by atoms with E-state index < -0.39 is 0 Å². The zero-order valence-electron chi connectivity index (χ0n) is 26.4. The number of esters is 1. The molecule has 0 aliphatic rings. The van der Waals surface area contributed by atoms with Crippen molar-refractivity contribution in [1.29, 1.82) is 0 Å². The van der Waals surface area contributed by atoms with Crippen LogP contribution < -0.4 is 14.2 Å². The maximum absolute atomic E-state index is 12.9.